The molecule has 1 saturated carbocycles. The number of hydrogen-bond acceptors (Lipinski definition) is 3. The SMILES string of the molecule is CS(=O)(=O)N[C@H]1CCN(C(=O)C2CC2c2ccccc2-c2ccccc2)C1. The largest absolute Gasteiger partial charge is 0.341 e. The Labute approximate surface area is 160 Å². The standard InChI is InChI=1S/C21H24N2O3S/c1-27(25,26)22-16-11-12-23(14-16)21(24)20-13-19(20)18-10-6-5-9-17(18)15-7-3-2-4-8-15/h2-10,16,19-20,22H,11-14H2,1H3/t16-,19?,20?/m0/s1. The first-order chi connectivity index (χ1) is 12.9. The molecular formula is C21H24N2O3S. The van der Waals surface area contributed by atoms with Gasteiger partial charge in [-0.2, -0.15) is 0 Å². The van der Waals surface area contributed by atoms with Crippen molar-refractivity contribution in [2.45, 2.75) is 24.8 Å². The molecule has 2 fully saturated rings. The van der Waals surface area contributed by atoms with Gasteiger partial charge in [-0.05, 0) is 35.4 Å². The third-order valence-corrected chi connectivity index (χ3v) is 6.19. The second kappa shape index (κ2) is 7.09. The second-order valence-electron chi connectivity index (χ2n) is 7.56. The molecule has 2 aromatic carbocycles. The third-order valence-electron chi connectivity index (χ3n) is 5.43. The smallest absolute Gasteiger partial charge is 0.226 e. The van der Waals surface area contributed by atoms with Crippen LogP contribution in [0, 0.1) is 5.92 Å². The highest BCUT2D eigenvalue weighted by Crippen LogP contribution is 2.51. The number of rotatable bonds is 5. The fraction of sp³-hybridized carbons (Fsp3) is 0.381. The summed E-state index contributed by atoms with van der Waals surface area (Å²) in [5.74, 6) is 0.406. The quantitative estimate of drug-likeness (QED) is 0.862. The first kappa shape index (κ1) is 18.2. The molecule has 27 heavy (non-hydrogen) atoms. The van der Waals surface area contributed by atoms with Gasteiger partial charge in [0.2, 0.25) is 15.9 Å². The number of nitrogens with zero attached hydrogens (tertiary/aromatic N) is 1. The Morgan fingerprint density at radius 1 is 1.07 bits per heavy atom. The van der Waals surface area contributed by atoms with Gasteiger partial charge in [0.1, 0.15) is 0 Å². The van der Waals surface area contributed by atoms with Gasteiger partial charge < -0.3 is 4.90 Å². The maximum Gasteiger partial charge on any atom is 0.226 e. The van der Waals surface area contributed by atoms with Gasteiger partial charge in [-0.15, -0.1) is 0 Å². The number of carbonyl (C=O) groups is 1. The van der Waals surface area contributed by atoms with Crippen LogP contribution >= 0.6 is 0 Å². The summed E-state index contributed by atoms with van der Waals surface area (Å²) in [6, 6.07) is 18.4. The van der Waals surface area contributed by atoms with Crippen LogP contribution in [0.3, 0.4) is 0 Å². The molecule has 2 unspecified atom stereocenters. The van der Waals surface area contributed by atoms with E-state index in [2.05, 4.69) is 29.0 Å². The van der Waals surface area contributed by atoms with E-state index in [0.717, 1.165) is 12.7 Å². The lowest BCUT2D eigenvalue weighted by atomic mass is 9.96. The monoisotopic (exact) mass is 384 g/mol. The maximum atomic E-state index is 12.9. The van der Waals surface area contributed by atoms with E-state index in [1.165, 1.54) is 16.7 Å². The molecule has 1 saturated heterocycles. The summed E-state index contributed by atoms with van der Waals surface area (Å²) in [4.78, 5) is 14.7. The molecule has 4 rings (SSSR count). The average molecular weight is 385 g/mol. The Hall–Kier alpha value is -2.18. The first-order valence-electron chi connectivity index (χ1n) is 9.33. The molecule has 2 aliphatic rings. The van der Waals surface area contributed by atoms with Crippen LogP contribution < -0.4 is 4.72 Å². The van der Waals surface area contributed by atoms with Gasteiger partial charge in [-0.25, -0.2) is 13.1 Å². The van der Waals surface area contributed by atoms with Crippen LogP contribution in [0.2, 0.25) is 0 Å². The highest BCUT2D eigenvalue weighted by molar-refractivity contribution is 7.88. The molecule has 5 nitrogen and oxygen atoms in total. The molecule has 1 aliphatic heterocycles. The van der Waals surface area contributed by atoms with E-state index in [0.29, 0.717) is 19.5 Å². The Morgan fingerprint density at radius 2 is 1.78 bits per heavy atom. The molecule has 1 N–H and O–H groups in total. The van der Waals surface area contributed by atoms with Crippen molar-refractivity contribution in [3.05, 3.63) is 60.2 Å². The number of hydrogen-bond donors (Lipinski definition) is 1. The lowest BCUT2D eigenvalue weighted by Crippen LogP contribution is -2.38. The van der Waals surface area contributed by atoms with Crippen LogP contribution in [0.15, 0.2) is 54.6 Å². The zero-order valence-electron chi connectivity index (χ0n) is 15.3. The summed E-state index contributed by atoms with van der Waals surface area (Å²) in [6.07, 6.45) is 2.70. The number of sulfonamides is 1. The molecule has 0 radical (unpaired) electrons. The van der Waals surface area contributed by atoms with Crippen LogP contribution in [-0.2, 0) is 14.8 Å². The Morgan fingerprint density at radius 3 is 2.52 bits per heavy atom. The van der Waals surface area contributed by atoms with E-state index in [9.17, 15) is 13.2 Å². The Bertz CT molecular complexity index is 943. The van der Waals surface area contributed by atoms with Gasteiger partial charge in [0.05, 0.1) is 6.26 Å². The predicted octanol–water partition coefficient (Wildman–Crippen LogP) is 2.61. The third kappa shape index (κ3) is 4.06. The van der Waals surface area contributed by atoms with Crippen molar-refractivity contribution < 1.29 is 13.2 Å². The fourth-order valence-electron chi connectivity index (χ4n) is 4.11. The summed E-state index contributed by atoms with van der Waals surface area (Å²) in [6.45, 7) is 1.09. The molecular weight excluding hydrogens is 360 g/mol. The van der Waals surface area contributed by atoms with Gasteiger partial charge in [0, 0.05) is 25.0 Å². The molecule has 1 heterocycles. The zero-order chi connectivity index (χ0) is 19.0. The van der Waals surface area contributed by atoms with Crippen LogP contribution in [0.25, 0.3) is 11.1 Å². The van der Waals surface area contributed by atoms with Crippen molar-refractivity contribution in [3.8, 4) is 11.1 Å². The van der Waals surface area contributed by atoms with Crippen molar-refractivity contribution in [1.29, 1.82) is 0 Å². The van der Waals surface area contributed by atoms with Gasteiger partial charge in [0.15, 0.2) is 0 Å². The summed E-state index contributed by atoms with van der Waals surface area (Å²) >= 11 is 0. The predicted molar refractivity (Wildman–Crippen MR) is 106 cm³/mol. The molecule has 6 heteroatoms. The number of carbonyl (C=O) groups excluding carboxylic acids is 1. The topological polar surface area (TPSA) is 66.5 Å². The van der Waals surface area contributed by atoms with E-state index < -0.39 is 10.0 Å². The van der Waals surface area contributed by atoms with Crippen molar-refractivity contribution in [1.82, 2.24) is 9.62 Å². The summed E-state index contributed by atoms with van der Waals surface area (Å²) in [5, 5.41) is 0. The average Bonchev–Trinajstić information content (AvgIpc) is 3.32. The minimum absolute atomic E-state index is 0.00634. The van der Waals surface area contributed by atoms with E-state index in [-0.39, 0.29) is 23.8 Å². The maximum absolute atomic E-state index is 12.9. The summed E-state index contributed by atoms with van der Waals surface area (Å²) in [5.41, 5.74) is 3.59. The van der Waals surface area contributed by atoms with E-state index in [1.807, 2.05) is 35.2 Å². The van der Waals surface area contributed by atoms with Crippen molar-refractivity contribution in [3.63, 3.8) is 0 Å². The highest BCUT2D eigenvalue weighted by atomic mass is 32.2. The minimum Gasteiger partial charge on any atom is -0.341 e. The molecule has 0 spiro atoms. The van der Waals surface area contributed by atoms with Crippen LogP contribution in [0.5, 0.6) is 0 Å². The van der Waals surface area contributed by atoms with Crippen LogP contribution in [-0.4, -0.2) is 44.6 Å². The fourth-order valence-corrected chi connectivity index (χ4v) is 4.90. The zero-order valence-corrected chi connectivity index (χ0v) is 16.2. The molecule has 0 aromatic heterocycles. The van der Waals surface area contributed by atoms with Crippen LogP contribution in [0.1, 0.15) is 24.3 Å². The lowest BCUT2D eigenvalue weighted by Gasteiger charge is -2.17. The number of likely N-dealkylation sites (tertiary alicyclic amines) is 1. The van der Waals surface area contributed by atoms with E-state index in [1.54, 1.807) is 0 Å². The Balaban J connectivity index is 1.46. The molecule has 142 valence electrons. The van der Waals surface area contributed by atoms with Gasteiger partial charge >= 0.3 is 0 Å². The first-order valence-corrected chi connectivity index (χ1v) is 11.2. The number of amides is 1. The van der Waals surface area contributed by atoms with Crippen molar-refractivity contribution >= 4 is 15.9 Å². The van der Waals surface area contributed by atoms with E-state index in [4.69, 9.17) is 0 Å². The highest BCUT2D eigenvalue weighted by Gasteiger charge is 2.47. The molecule has 0 bridgehead atoms. The van der Waals surface area contributed by atoms with Gasteiger partial charge in [-0.1, -0.05) is 54.6 Å². The van der Waals surface area contributed by atoms with Gasteiger partial charge in [-0.3, -0.25) is 4.79 Å². The minimum atomic E-state index is -3.24. The molecule has 3 atom stereocenters. The van der Waals surface area contributed by atoms with Gasteiger partial charge in [0.25, 0.3) is 0 Å². The molecule has 1 aliphatic carbocycles. The molecule has 2 aromatic rings. The van der Waals surface area contributed by atoms with Crippen molar-refractivity contribution in [2.75, 3.05) is 19.3 Å². The number of benzene rings is 2. The number of nitrogens with one attached hydrogen (secondary N) is 1. The Kier molecular flexibility index (Phi) is 4.78. The molecule has 1 amide bonds. The summed E-state index contributed by atoms with van der Waals surface area (Å²) in [7, 11) is -3.24. The van der Waals surface area contributed by atoms with Crippen molar-refractivity contribution in [2.24, 2.45) is 5.92 Å². The lowest BCUT2D eigenvalue weighted by molar-refractivity contribution is -0.131. The normalized spacial score (nSPS) is 24.8. The second-order valence-corrected chi connectivity index (χ2v) is 9.34. The van der Waals surface area contributed by atoms with Crippen LogP contribution in [0.4, 0.5) is 0 Å². The summed E-state index contributed by atoms with van der Waals surface area (Å²) < 4.78 is 25.4. The van der Waals surface area contributed by atoms with E-state index >= 15 is 0 Å².